The summed E-state index contributed by atoms with van der Waals surface area (Å²) in [4.78, 5) is 36.7. The lowest BCUT2D eigenvalue weighted by Gasteiger charge is -2.19. The van der Waals surface area contributed by atoms with Crippen LogP contribution in [0.2, 0.25) is 0 Å². The summed E-state index contributed by atoms with van der Waals surface area (Å²) in [5.41, 5.74) is 0.825. The van der Waals surface area contributed by atoms with Gasteiger partial charge in [0.05, 0.1) is 38.5 Å². The maximum absolute atomic E-state index is 12.1. The molecule has 0 radical (unpaired) electrons. The second-order valence-corrected chi connectivity index (χ2v) is 4.81. The van der Waals surface area contributed by atoms with Gasteiger partial charge in [0.1, 0.15) is 5.75 Å². The van der Waals surface area contributed by atoms with E-state index < -0.39 is 17.9 Å². The number of esters is 2. The first-order chi connectivity index (χ1) is 10.5. The molecule has 0 aromatic heterocycles. The number of benzene rings is 1. The van der Waals surface area contributed by atoms with Crippen LogP contribution in [-0.4, -0.2) is 45.7 Å². The van der Waals surface area contributed by atoms with Crippen LogP contribution in [0.15, 0.2) is 18.2 Å². The quantitative estimate of drug-likeness (QED) is 0.772. The molecule has 0 aliphatic carbocycles. The van der Waals surface area contributed by atoms with Crippen molar-refractivity contribution in [3.05, 3.63) is 23.8 Å². The zero-order chi connectivity index (χ0) is 16.3. The lowest BCUT2D eigenvalue weighted by molar-refractivity contribution is -0.145. The van der Waals surface area contributed by atoms with Gasteiger partial charge in [-0.25, -0.2) is 4.79 Å². The Bertz CT molecular complexity index is 612. The van der Waals surface area contributed by atoms with Gasteiger partial charge in [0.25, 0.3) is 0 Å². The first kappa shape index (κ1) is 15.8. The number of methoxy groups -OCH3 is 3. The van der Waals surface area contributed by atoms with Crippen molar-refractivity contribution in [1.82, 2.24) is 0 Å². The first-order valence-electron chi connectivity index (χ1n) is 6.66. The summed E-state index contributed by atoms with van der Waals surface area (Å²) < 4.78 is 14.6. The van der Waals surface area contributed by atoms with Crippen LogP contribution in [-0.2, 0) is 19.1 Å². The molecule has 0 spiro atoms. The van der Waals surface area contributed by atoms with Crippen molar-refractivity contribution < 1.29 is 28.6 Å². The van der Waals surface area contributed by atoms with Gasteiger partial charge in [-0.05, 0) is 18.2 Å². The van der Waals surface area contributed by atoms with E-state index in [1.54, 1.807) is 12.1 Å². The second-order valence-electron chi connectivity index (χ2n) is 4.81. The van der Waals surface area contributed by atoms with Gasteiger partial charge in [0.2, 0.25) is 5.91 Å². The van der Waals surface area contributed by atoms with Crippen LogP contribution >= 0.6 is 0 Å². The second kappa shape index (κ2) is 6.46. The molecule has 1 aromatic rings. The van der Waals surface area contributed by atoms with Crippen molar-refractivity contribution in [2.75, 3.05) is 32.8 Å². The van der Waals surface area contributed by atoms with Gasteiger partial charge < -0.3 is 19.1 Å². The fourth-order valence-corrected chi connectivity index (χ4v) is 2.41. The average Bonchev–Trinajstić information content (AvgIpc) is 2.94. The minimum Gasteiger partial charge on any atom is -0.495 e. The summed E-state index contributed by atoms with van der Waals surface area (Å²) in [5, 5.41) is 0. The number of carbonyl (C=O) groups is 3. The number of amides is 1. The van der Waals surface area contributed by atoms with Crippen molar-refractivity contribution >= 4 is 23.5 Å². The molecular weight excluding hydrogens is 290 g/mol. The molecule has 1 atom stereocenters. The van der Waals surface area contributed by atoms with Gasteiger partial charge in [-0.3, -0.25) is 9.59 Å². The Hall–Kier alpha value is -2.57. The molecule has 1 aromatic carbocycles. The van der Waals surface area contributed by atoms with E-state index in [0.717, 1.165) is 0 Å². The lowest BCUT2D eigenvalue weighted by atomic mass is 10.1. The minimum absolute atomic E-state index is 0.0918. The molecule has 0 saturated carbocycles. The minimum atomic E-state index is -0.498. The van der Waals surface area contributed by atoms with Crippen molar-refractivity contribution in [1.29, 1.82) is 0 Å². The third-order valence-corrected chi connectivity index (χ3v) is 3.55. The first-order valence-corrected chi connectivity index (χ1v) is 6.66. The maximum Gasteiger partial charge on any atom is 0.337 e. The molecule has 2 rings (SSSR count). The summed E-state index contributed by atoms with van der Waals surface area (Å²) in [6.07, 6.45) is 0.0918. The van der Waals surface area contributed by atoms with Crippen molar-refractivity contribution in [2.45, 2.75) is 6.42 Å². The highest BCUT2D eigenvalue weighted by atomic mass is 16.5. The predicted molar refractivity (Wildman–Crippen MR) is 76.8 cm³/mol. The zero-order valence-electron chi connectivity index (χ0n) is 12.6. The Morgan fingerprint density at radius 3 is 2.50 bits per heavy atom. The molecule has 1 unspecified atom stereocenters. The number of anilines is 1. The Labute approximate surface area is 127 Å². The van der Waals surface area contributed by atoms with Crippen molar-refractivity contribution in [3.63, 3.8) is 0 Å². The van der Waals surface area contributed by atoms with E-state index in [4.69, 9.17) is 4.74 Å². The Kier molecular flexibility index (Phi) is 4.65. The molecule has 1 saturated heterocycles. The summed E-state index contributed by atoms with van der Waals surface area (Å²) in [6.45, 7) is 0.222. The molecule has 1 heterocycles. The summed E-state index contributed by atoms with van der Waals surface area (Å²) in [5.74, 6) is -1.24. The molecule has 1 aliphatic rings. The van der Waals surface area contributed by atoms with Gasteiger partial charge in [-0.1, -0.05) is 0 Å². The van der Waals surface area contributed by atoms with Gasteiger partial charge in [0, 0.05) is 13.0 Å². The SMILES string of the molecule is COC(=O)c1ccc(N2CC(C(=O)OC)CC2=O)c(OC)c1. The van der Waals surface area contributed by atoms with E-state index in [1.807, 2.05) is 0 Å². The van der Waals surface area contributed by atoms with Crippen LogP contribution in [0.1, 0.15) is 16.8 Å². The summed E-state index contributed by atoms with van der Waals surface area (Å²) in [7, 11) is 4.02. The van der Waals surface area contributed by atoms with E-state index in [1.165, 1.54) is 32.3 Å². The third-order valence-electron chi connectivity index (χ3n) is 3.55. The average molecular weight is 307 g/mol. The normalized spacial score (nSPS) is 17.3. The Balaban J connectivity index is 2.30. The summed E-state index contributed by atoms with van der Waals surface area (Å²) in [6, 6.07) is 4.64. The number of ether oxygens (including phenoxy) is 3. The van der Waals surface area contributed by atoms with E-state index in [0.29, 0.717) is 17.0 Å². The number of rotatable bonds is 4. The topological polar surface area (TPSA) is 82.1 Å². The number of hydrogen-bond acceptors (Lipinski definition) is 6. The Morgan fingerprint density at radius 2 is 1.91 bits per heavy atom. The molecule has 0 N–H and O–H groups in total. The molecule has 0 bridgehead atoms. The van der Waals surface area contributed by atoms with E-state index in [2.05, 4.69) is 9.47 Å². The highest BCUT2D eigenvalue weighted by Gasteiger charge is 2.37. The van der Waals surface area contributed by atoms with Crippen LogP contribution in [0.5, 0.6) is 5.75 Å². The molecular formula is C15H17NO6. The van der Waals surface area contributed by atoms with Crippen LogP contribution in [0, 0.1) is 5.92 Å². The van der Waals surface area contributed by atoms with Crippen LogP contribution in [0.4, 0.5) is 5.69 Å². The maximum atomic E-state index is 12.1. The highest BCUT2D eigenvalue weighted by molar-refractivity contribution is 6.01. The third kappa shape index (κ3) is 2.88. The summed E-state index contributed by atoms with van der Waals surface area (Å²) >= 11 is 0. The van der Waals surface area contributed by atoms with Crippen LogP contribution in [0.3, 0.4) is 0 Å². The van der Waals surface area contributed by atoms with E-state index in [-0.39, 0.29) is 18.9 Å². The molecule has 7 heteroatoms. The van der Waals surface area contributed by atoms with Crippen molar-refractivity contribution in [2.24, 2.45) is 5.92 Å². The molecule has 1 aliphatic heterocycles. The molecule has 1 amide bonds. The molecule has 7 nitrogen and oxygen atoms in total. The van der Waals surface area contributed by atoms with E-state index in [9.17, 15) is 14.4 Å². The molecule has 1 fully saturated rings. The molecule has 118 valence electrons. The van der Waals surface area contributed by atoms with Crippen LogP contribution in [0.25, 0.3) is 0 Å². The van der Waals surface area contributed by atoms with Gasteiger partial charge in [-0.15, -0.1) is 0 Å². The fraction of sp³-hybridized carbons (Fsp3) is 0.400. The fourth-order valence-electron chi connectivity index (χ4n) is 2.41. The lowest BCUT2D eigenvalue weighted by Crippen LogP contribution is -2.26. The van der Waals surface area contributed by atoms with Crippen molar-refractivity contribution in [3.8, 4) is 5.75 Å². The zero-order valence-corrected chi connectivity index (χ0v) is 12.6. The van der Waals surface area contributed by atoms with E-state index >= 15 is 0 Å². The smallest absolute Gasteiger partial charge is 0.337 e. The standard InChI is InChI=1S/C15H17NO6/c1-20-12-6-9(14(18)21-2)4-5-11(12)16-8-10(7-13(16)17)15(19)22-3/h4-6,10H,7-8H2,1-3H3. The number of hydrogen-bond donors (Lipinski definition) is 0. The number of carbonyl (C=O) groups excluding carboxylic acids is 3. The highest BCUT2D eigenvalue weighted by Crippen LogP contribution is 2.34. The van der Waals surface area contributed by atoms with Gasteiger partial charge >= 0.3 is 11.9 Å². The van der Waals surface area contributed by atoms with Crippen LogP contribution < -0.4 is 9.64 Å². The monoisotopic (exact) mass is 307 g/mol. The molecule has 22 heavy (non-hydrogen) atoms. The largest absolute Gasteiger partial charge is 0.495 e. The Morgan fingerprint density at radius 1 is 1.18 bits per heavy atom. The van der Waals surface area contributed by atoms with Gasteiger partial charge in [-0.2, -0.15) is 0 Å². The predicted octanol–water partition coefficient (Wildman–Crippen LogP) is 1.01. The number of nitrogens with zero attached hydrogens (tertiary/aromatic N) is 1. The van der Waals surface area contributed by atoms with Gasteiger partial charge in [0.15, 0.2) is 0 Å².